The maximum atomic E-state index is 11.4. The largest absolute Gasteiger partial charge is 0.340 e. The second kappa shape index (κ2) is 4.43. The van der Waals surface area contributed by atoms with Crippen molar-refractivity contribution in [1.29, 1.82) is 0 Å². The Morgan fingerprint density at radius 1 is 1.60 bits per heavy atom. The molecule has 80 valence electrons. The SMILES string of the molecule is CC(=O)N1CCC[C@H]1Cc1ccccn1. The lowest BCUT2D eigenvalue weighted by atomic mass is 10.1. The summed E-state index contributed by atoms with van der Waals surface area (Å²) < 4.78 is 0. The van der Waals surface area contributed by atoms with E-state index in [0.29, 0.717) is 6.04 Å². The molecule has 0 unspecified atom stereocenters. The van der Waals surface area contributed by atoms with Gasteiger partial charge in [0.1, 0.15) is 0 Å². The van der Waals surface area contributed by atoms with Crippen molar-refractivity contribution < 1.29 is 4.79 Å². The average Bonchev–Trinajstić information content (AvgIpc) is 2.67. The predicted molar refractivity (Wildman–Crippen MR) is 58.4 cm³/mol. The molecule has 0 aliphatic carbocycles. The summed E-state index contributed by atoms with van der Waals surface area (Å²) in [5.74, 6) is 0.188. The van der Waals surface area contributed by atoms with Gasteiger partial charge in [0.2, 0.25) is 5.91 Å². The highest BCUT2D eigenvalue weighted by molar-refractivity contribution is 5.73. The minimum atomic E-state index is 0.188. The van der Waals surface area contributed by atoms with Crippen molar-refractivity contribution in [3.05, 3.63) is 30.1 Å². The highest BCUT2D eigenvalue weighted by Crippen LogP contribution is 2.20. The molecule has 15 heavy (non-hydrogen) atoms. The van der Waals surface area contributed by atoms with E-state index in [1.807, 2.05) is 29.3 Å². The summed E-state index contributed by atoms with van der Waals surface area (Å²) in [6, 6.07) is 6.30. The van der Waals surface area contributed by atoms with Gasteiger partial charge in [-0.1, -0.05) is 6.07 Å². The Kier molecular flexibility index (Phi) is 2.99. The van der Waals surface area contributed by atoms with E-state index in [4.69, 9.17) is 0 Å². The fourth-order valence-corrected chi connectivity index (χ4v) is 2.22. The normalized spacial score (nSPS) is 20.6. The Morgan fingerprint density at radius 2 is 2.47 bits per heavy atom. The van der Waals surface area contributed by atoms with E-state index < -0.39 is 0 Å². The first kappa shape index (κ1) is 10.1. The van der Waals surface area contributed by atoms with Crippen molar-refractivity contribution in [2.45, 2.75) is 32.2 Å². The number of amides is 1. The Balaban J connectivity index is 2.03. The molecule has 0 N–H and O–H groups in total. The molecule has 1 saturated heterocycles. The fraction of sp³-hybridized carbons (Fsp3) is 0.500. The number of hydrogen-bond donors (Lipinski definition) is 0. The van der Waals surface area contributed by atoms with Crippen LogP contribution in [0.3, 0.4) is 0 Å². The quantitative estimate of drug-likeness (QED) is 0.733. The number of carbonyl (C=O) groups is 1. The van der Waals surface area contributed by atoms with Gasteiger partial charge in [-0.15, -0.1) is 0 Å². The summed E-state index contributed by atoms with van der Waals surface area (Å²) in [6.07, 6.45) is 4.93. The molecule has 0 bridgehead atoms. The fourth-order valence-electron chi connectivity index (χ4n) is 2.22. The van der Waals surface area contributed by atoms with E-state index in [2.05, 4.69) is 4.98 Å². The second-order valence-electron chi connectivity index (χ2n) is 4.03. The van der Waals surface area contributed by atoms with Crippen LogP contribution in [-0.2, 0) is 11.2 Å². The van der Waals surface area contributed by atoms with Crippen LogP contribution < -0.4 is 0 Å². The minimum absolute atomic E-state index is 0.188. The summed E-state index contributed by atoms with van der Waals surface area (Å²) in [5.41, 5.74) is 1.08. The highest BCUT2D eigenvalue weighted by atomic mass is 16.2. The molecule has 0 spiro atoms. The zero-order valence-corrected chi connectivity index (χ0v) is 9.02. The number of hydrogen-bond acceptors (Lipinski definition) is 2. The van der Waals surface area contributed by atoms with Crippen LogP contribution in [-0.4, -0.2) is 28.4 Å². The van der Waals surface area contributed by atoms with E-state index in [9.17, 15) is 4.79 Å². The molecule has 1 fully saturated rings. The third kappa shape index (κ3) is 2.35. The molecule has 1 amide bonds. The Hall–Kier alpha value is -1.38. The summed E-state index contributed by atoms with van der Waals surface area (Å²) >= 11 is 0. The van der Waals surface area contributed by atoms with Crippen molar-refractivity contribution in [1.82, 2.24) is 9.88 Å². The van der Waals surface area contributed by atoms with Crippen LogP contribution in [0.5, 0.6) is 0 Å². The van der Waals surface area contributed by atoms with Gasteiger partial charge >= 0.3 is 0 Å². The van der Waals surface area contributed by atoms with E-state index in [0.717, 1.165) is 31.5 Å². The molecule has 0 saturated carbocycles. The van der Waals surface area contributed by atoms with E-state index in [1.165, 1.54) is 0 Å². The van der Waals surface area contributed by atoms with Gasteiger partial charge in [0.25, 0.3) is 0 Å². The van der Waals surface area contributed by atoms with Gasteiger partial charge in [-0.25, -0.2) is 0 Å². The van der Waals surface area contributed by atoms with Crippen LogP contribution in [0.1, 0.15) is 25.5 Å². The Labute approximate surface area is 90.1 Å². The van der Waals surface area contributed by atoms with E-state index in [1.54, 1.807) is 6.92 Å². The number of rotatable bonds is 2. The molecule has 1 aromatic rings. The van der Waals surface area contributed by atoms with Gasteiger partial charge in [-0.2, -0.15) is 0 Å². The smallest absolute Gasteiger partial charge is 0.219 e. The zero-order valence-electron chi connectivity index (χ0n) is 9.02. The monoisotopic (exact) mass is 204 g/mol. The van der Waals surface area contributed by atoms with Crippen LogP contribution in [0, 0.1) is 0 Å². The molecular weight excluding hydrogens is 188 g/mol. The maximum absolute atomic E-state index is 11.4. The number of carbonyl (C=O) groups excluding carboxylic acids is 1. The van der Waals surface area contributed by atoms with Crippen molar-refractivity contribution in [3.63, 3.8) is 0 Å². The Morgan fingerprint density at radius 3 is 3.13 bits per heavy atom. The van der Waals surface area contributed by atoms with Crippen LogP contribution in [0.2, 0.25) is 0 Å². The molecule has 1 atom stereocenters. The number of likely N-dealkylation sites (tertiary alicyclic amines) is 1. The third-order valence-corrected chi connectivity index (χ3v) is 2.95. The Bertz CT molecular complexity index is 337. The predicted octanol–water partition coefficient (Wildman–Crippen LogP) is 1.64. The van der Waals surface area contributed by atoms with Crippen LogP contribution in [0.15, 0.2) is 24.4 Å². The molecule has 2 heterocycles. The lowest BCUT2D eigenvalue weighted by Gasteiger charge is -2.22. The number of nitrogens with zero attached hydrogens (tertiary/aromatic N) is 2. The summed E-state index contributed by atoms with van der Waals surface area (Å²) in [7, 11) is 0. The highest BCUT2D eigenvalue weighted by Gasteiger charge is 2.26. The molecule has 2 rings (SSSR count). The molecule has 0 radical (unpaired) electrons. The first-order valence-corrected chi connectivity index (χ1v) is 5.44. The second-order valence-corrected chi connectivity index (χ2v) is 4.03. The summed E-state index contributed by atoms with van der Waals surface area (Å²) in [4.78, 5) is 17.6. The molecule has 3 heteroatoms. The summed E-state index contributed by atoms with van der Waals surface area (Å²) in [6.45, 7) is 2.56. The van der Waals surface area contributed by atoms with Gasteiger partial charge in [-0.3, -0.25) is 9.78 Å². The summed E-state index contributed by atoms with van der Waals surface area (Å²) in [5, 5.41) is 0. The topological polar surface area (TPSA) is 33.2 Å². The van der Waals surface area contributed by atoms with Crippen molar-refractivity contribution in [3.8, 4) is 0 Å². The van der Waals surface area contributed by atoms with Gasteiger partial charge in [0, 0.05) is 37.8 Å². The first-order valence-electron chi connectivity index (χ1n) is 5.44. The van der Waals surface area contributed by atoms with Crippen molar-refractivity contribution >= 4 is 5.91 Å². The van der Waals surface area contributed by atoms with Crippen LogP contribution >= 0.6 is 0 Å². The molecule has 1 aliphatic heterocycles. The minimum Gasteiger partial charge on any atom is -0.340 e. The first-order chi connectivity index (χ1) is 7.27. The molecule has 3 nitrogen and oxygen atoms in total. The van der Waals surface area contributed by atoms with Gasteiger partial charge in [0.15, 0.2) is 0 Å². The third-order valence-electron chi connectivity index (χ3n) is 2.95. The van der Waals surface area contributed by atoms with Gasteiger partial charge in [-0.05, 0) is 25.0 Å². The lowest BCUT2D eigenvalue weighted by molar-refractivity contribution is -0.129. The van der Waals surface area contributed by atoms with Crippen LogP contribution in [0.25, 0.3) is 0 Å². The van der Waals surface area contributed by atoms with E-state index in [-0.39, 0.29) is 5.91 Å². The molecule has 0 aromatic carbocycles. The maximum Gasteiger partial charge on any atom is 0.219 e. The van der Waals surface area contributed by atoms with Crippen molar-refractivity contribution in [2.24, 2.45) is 0 Å². The zero-order chi connectivity index (χ0) is 10.7. The number of pyridine rings is 1. The molecule has 1 aliphatic rings. The standard InChI is InChI=1S/C12H16N2O/c1-10(15)14-8-4-6-12(14)9-11-5-2-3-7-13-11/h2-3,5,7,12H,4,6,8-9H2,1H3/t12-/m0/s1. The molecular formula is C12H16N2O. The van der Waals surface area contributed by atoms with Crippen LogP contribution in [0.4, 0.5) is 0 Å². The van der Waals surface area contributed by atoms with E-state index >= 15 is 0 Å². The van der Waals surface area contributed by atoms with Gasteiger partial charge < -0.3 is 4.90 Å². The lowest BCUT2D eigenvalue weighted by Crippen LogP contribution is -2.35. The van der Waals surface area contributed by atoms with Gasteiger partial charge in [0.05, 0.1) is 0 Å². The van der Waals surface area contributed by atoms with Crippen molar-refractivity contribution in [2.75, 3.05) is 6.54 Å². The average molecular weight is 204 g/mol. The number of aromatic nitrogens is 1. The molecule has 1 aromatic heterocycles.